The van der Waals surface area contributed by atoms with E-state index in [4.69, 9.17) is 4.74 Å². The molecule has 0 atom stereocenters. The maximum atomic E-state index is 11.7. The second kappa shape index (κ2) is 5.87. The Kier molecular flexibility index (Phi) is 4.20. The van der Waals surface area contributed by atoms with Gasteiger partial charge < -0.3 is 15.0 Å². The fourth-order valence-corrected chi connectivity index (χ4v) is 2.21. The lowest BCUT2D eigenvalue weighted by atomic mass is 10.1. The number of nitrogens with one attached hydrogen (secondary N) is 1. The molecule has 0 unspecified atom stereocenters. The van der Waals surface area contributed by atoms with Crippen molar-refractivity contribution in [1.82, 2.24) is 5.32 Å². The number of nitrogens with zero attached hydrogens (tertiary/aromatic N) is 1. The van der Waals surface area contributed by atoms with E-state index >= 15 is 0 Å². The maximum absolute atomic E-state index is 11.7. The third-order valence-electron chi connectivity index (χ3n) is 3.19. The molecule has 0 saturated carbocycles. The third kappa shape index (κ3) is 2.82. The minimum absolute atomic E-state index is 0.234. The Morgan fingerprint density at radius 2 is 2.11 bits per heavy atom. The summed E-state index contributed by atoms with van der Waals surface area (Å²) in [7, 11) is 0. The number of carbonyl (C=O) groups is 1. The molecule has 0 radical (unpaired) electrons. The molecule has 4 nitrogen and oxygen atoms in total. The van der Waals surface area contributed by atoms with Gasteiger partial charge in [0.25, 0.3) is 0 Å². The summed E-state index contributed by atoms with van der Waals surface area (Å²) in [6.07, 6.45) is 0. The molecule has 0 aromatic heterocycles. The minimum atomic E-state index is -0.234. The Balaban J connectivity index is 2.16. The lowest BCUT2D eigenvalue weighted by molar-refractivity contribution is 0.0525. The molecular weight excluding hydrogens is 228 g/mol. The molecular formula is C14H20N2O2. The van der Waals surface area contributed by atoms with E-state index in [1.807, 2.05) is 26.0 Å². The number of benzene rings is 1. The molecule has 98 valence electrons. The summed E-state index contributed by atoms with van der Waals surface area (Å²) in [5.41, 5.74) is 2.82. The summed E-state index contributed by atoms with van der Waals surface area (Å²) in [5.74, 6) is -0.234. The van der Waals surface area contributed by atoms with Gasteiger partial charge in [-0.25, -0.2) is 4.79 Å². The van der Waals surface area contributed by atoms with E-state index in [2.05, 4.69) is 16.3 Å². The van der Waals surface area contributed by atoms with Gasteiger partial charge in [0, 0.05) is 31.9 Å². The Bertz CT molecular complexity index is 426. The van der Waals surface area contributed by atoms with Crippen LogP contribution >= 0.6 is 0 Å². The number of anilines is 1. The molecule has 2 rings (SSSR count). The normalized spacial score (nSPS) is 15.6. The van der Waals surface area contributed by atoms with Crippen molar-refractivity contribution in [2.24, 2.45) is 0 Å². The molecule has 0 spiro atoms. The SMILES string of the molecule is CCOC(=O)c1ccc(N2CCNCC2)cc1C. The number of aryl methyl sites for hydroxylation is 1. The zero-order valence-corrected chi connectivity index (χ0v) is 11.0. The number of hydrogen-bond acceptors (Lipinski definition) is 4. The van der Waals surface area contributed by atoms with Crippen LogP contribution in [-0.4, -0.2) is 38.8 Å². The van der Waals surface area contributed by atoms with E-state index in [-0.39, 0.29) is 5.97 Å². The third-order valence-corrected chi connectivity index (χ3v) is 3.19. The highest BCUT2D eigenvalue weighted by Crippen LogP contribution is 2.20. The van der Waals surface area contributed by atoms with E-state index in [0.29, 0.717) is 12.2 Å². The number of rotatable bonds is 3. The highest BCUT2D eigenvalue weighted by Gasteiger charge is 2.14. The van der Waals surface area contributed by atoms with Gasteiger partial charge in [-0.1, -0.05) is 0 Å². The van der Waals surface area contributed by atoms with Crippen molar-refractivity contribution >= 4 is 11.7 Å². The van der Waals surface area contributed by atoms with Crippen LogP contribution in [0.2, 0.25) is 0 Å². The lowest BCUT2D eigenvalue weighted by Crippen LogP contribution is -2.43. The largest absolute Gasteiger partial charge is 0.462 e. The van der Waals surface area contributed by atoms with Crippen molar-refractivity contribution in [1.29, 1.82) is 0 Å². The number of carbonyl (C=O) groups excluding carboxylic acids is 1. The average Bonchev–Trinajstić information content (AvgIpc) is 2.40. The van der Waals surface area contributed by atoms with Crippen LogP contribution in [0.1, 0.15) is 22.8 Å². The molecule has 1 N–H and O–H groups in total. The summed E-state index contributed by atoms with van der Waals surface area (Å²) < 4.78 is 5.03. The average molecular weight is 248 g/mol. The quantitative estimate of drug-likeness (QED) is 0.825. The summed E-state index contributed by atoms with van der Waals surface area (Å²) in [6.45, 7) is 8.24. The van der Waals surface area contributed by atoms with Crippen LogP contribution in [-0.2, 0) is 4.74 Å². The first-order valence-corrected chi connectivity index (χ1v) is 6.46. The Labute approximate surface area is 108 Å². The van der Waals surface area contributed by atoms with Gasteiger partial charge in [0.15, 0.2) is 0 Å². The first kappa shape index (κ1) is 12.9. The highest BCUT2D eigenvalue weighted by atomic mass is 16.5. The van der Waals surface area contributed by atoms with E-state index < -0.39 is 0 Å². The lowest BCUT2D eigenvalue weighted by Gasteiger charge is -2.29. The first-order valence-electron chi connectivity index (χ1n) is 6.46. The zero-order chi connectivity index (χ0) is 13.0. The van der Waals surface area contributed by atoms with Crippen molar-refractivity contribution in [2.45, 2.75) is 13.8 Å². The minimum Gasteiger partial charge on any atom is -0.462 e. The van der Waals surface area contributed by atoms with Crippen molar-refractivity contribution in [3.05, 3.63) is 29.3 Å². The topological polar surface area (TPSA) is 41.6 Å². The van der Waals surface area contributed by atoms with Crippen LogP contribution in [0.3, 0.4) is 0 Å². The van der Waals surface area contributed by atoms with Gasteiger partial charge >= 0.3 is 5.97 Å². The van der Waals surface area contributed by atoms with Gasteiger partial charge in [0.2, 0.25) is 0 Å². The molecule has 4 heteroatoms. The first-order chi connectivity index (χ1) is 8.72. The standard InChI is InChI=1S/C14H20N2O2/c1-3-18-14(17)13-5-4-12(10-11(13)2)16-8-6-15-7-9-16/h4-5,10,15H,3,6-9H2,1-2H3. The van der Waals surface area contributed by atoms with Crippen molar-refractivity contribution < 1.29 is 9.53 Å². The summed E-state index contributed by atoms with van der Waals surface area (Å²) in [4.78, 5) is 14.0. The summed E-state index contributed by atoms with van der Waals surface area (Å²) >= 11 is 0. The van der Waals surface area contributed by atoms with Crippen molar-refractivity contribution in [3.63, 3.8) is 0 Å². The molecule has 1 saturated heterocycles. The molecule has 1 fully saturated rings. The van der Waals surface area contributed by atoms with Crippen molar-refractivity contribution in [3.8, 4) is 0 Å². The van der Waals surface area contributed by atoms with E-state index in [1.165, 1.54) is 5.69 Å². The predicted octanol–water partition coefficient (Wildman–Crippen LogP) is 1.58. The highest BCUT2D eigenvalue weighted by molar-refractivity contribution is 5.91. The van der Waals surface area contributed by atoms with Gasteiger partial charge in [-0.3, -0.25) is 0 Å². The molecule has 0 bridgehead atoms. The summed E-state index contributed by atoms with van der Waals surface area (Å²) in [6, 6.07) is 5.94. The number of esters is 1. The fraction of sp³-hybridized carbons (Fsp3) is 0.500. The van der Waals surface area contributed by atoms with Gasteiger partial charge in [-0.2, -0.15) is 0 Å². The van der Waals surface area contributed by atoms with Crippen LogP contribution in [0.4, 0.5) is 5.69 Å². The van der Waals surface area contributed by atoms with Crippen LogP contribution in [0.25, 0.3) is 0 Å². The second-order valence-corrected chi connectivity index (χ2v) is 4.46. The van der Waals surface area contributed by atoms with Crippen LogP contribution in [0.5, 0.6) is 0 Å². The zero-order valence-electron chi connectivity index (χ0n) is 11.0. The number of ether oxygens (including phenoxy) is 1. The Morgan fingerprint density at radius 1 is 1.39 bits per heavy atom. The van der Waals surface area contributed by atoms with Gasteiger partial charge in [0.05, 0.1) is 12.2 Å². The molecule has 1 aliphatic rings. The van der Waals surface area contributed by atoms with E-state index in [0.717, 1.165) is 31.7 Å². The monoisotopic (exact) mass is 248 g/mol. The predicted molar refractivity (Wildman–Crippen MR) is 72.2 cm³/mol. The fourth-order valence-electron chi connectivity index (χ4n) is 2.21. The smallest absolute Gasteiger partial charge is 0.338 e. The number of piperazine rings is 1. The molecule has 1 heterocycles. The van der Waals surface area contributed by atoms with E-state index in [1.54, 1.807) is 0 Å². The molecule has 1 aromatic carbocycles. The molecule has 0 amide bonds. The van der Waals surface area contributed by atoms with Crippen LogP contribution in [0, 0.1) is 6.92 Å². The maximum Gasteiger partial charge on any atom is 0.338 e. The van der Waals surface area contributed by atoms with Crippen LogP contribution < -0.4 is 10.2 Å². The van der Waals surface area contributed by atoms with Crippen molar-refractivity contribution in [2.75, 3.05) is 37.7 Å². The molecule has 1 aliphatic heterocycles. The van der Waals surface area contributed by atoms with Gasteiger partial charge in [-0.05, 0) is 37.6 Å². The van der Waals surface area contributed by atoms with Gasteiger partial charge in [0.1, 0.15) is 0 Å². The van der Waals surface area contributed by atoms with E-state index in [9.17, 15) is 4.79 Å². The Hall–Kier alpha value is -1.55. The molecule has 18 heavy (non-hydrogen) atoms. The Morgan fingerprint density at radius 3 is 2.72 bits per heavy atom. The molecule has 0 aliphatic carbocycles. The summed E-state index contributed by atoms with van der Waals surface area (Å²) in [5, 5.41) is 3.33. The molecule has 1 aromatic rings. The van der Waals surface area contributed by atoms with Crippen LogP contribution in [0.15, 0.2) is 18.2 Å². The second-order valence-electron chi connectivity index (χ2n) is 4.46. The van der Waals surface area contributed by atoms with Gasteiger partial charge in [-0.15, -0.1) is 0 Å². The number of hydrogen-bond donors (Lipinski definition) is 1.